The van der Waals surface area contributed by atoms with Crippen molar-refractivity contribution >= 4 is 43.6 Å². The van der Waals surface area contributed by atoms with E-state index in [0.717, 1.165) is 11.3 Å². The quantitative estimate of drug-likeness (QED) is 0.603. The molecule has 1 N–H and O–H groups in total. The number of rotatable bonds is 6. The molecule has 0 bridgehead atoms. The van der Waals surface area contributed by atoms with E-state index in [1.807, 2.05) is 0 Å². The van der Waals surface area contributed by atoms with Crippen LogP contribution in [0.5, 0.6) is 0 Å². The molecule has 0 unspecified atom stereocenters. The van der Waals surface area contributed by atoms with Gasteiger partial charge in [0.25, 0.3) is 10.0 Å². The number of anilines is 1. The molecule has 0 saturated carbocycles. The lowest BCUT2D eigenvalue weighted by Crippen LogP contribution is -2.14. The fraction of sp³-hybridized carbons (Fsp3) is 0.353. The van der Waals surface area contributed by atoms with Gasteiger partial charge in [-0.05, 0) is 39.3 Å². The maximum Gasteiger partial charge on any atom is 0.419 e. The molecule has 0 amide bonds. The fourth-order valence-electron chi connectivity index (χ4n) is 2.78. The first kappa shape index (κ1) is 20.1. The Balaban J connectivity index is 2.00. The van der Waals surface area contributed by atoms with E-state index in [-0.39, 0.29) is 27.1 Å². The number of oxazole rings is 1. The molecule has 3 rings (SSSR count). The highest BCUT2D eigenvalue weighted by molar-refractivity contribution is 7.93. The first-order chi connectivity index (χ1) is 13.2. The Morgan fingerprint density at radius 2 is 2.04 bits per heavy atom. The SMILES string of the molecule is CCOC(=O)c1sc(NS(=O)(=O)c2cc3oc(=O)n(CC)c3cc2C)nc1C. The molecule has 2 aromatic heterocycles. The van der Waals surface area contributed by atoms with Crippen LogP contribution in [-0.4, -0.2) is 30.5 Å². The molecular formula is C17H19N3O6S2. The zero-order valence-electron chi connectivity index (χ0n) is 15.7. The van der Waals surface area contributed by atoms with Crippen molar-refractivity contribution in [1.29, 1.82) is 0 Å². The van der Waals surface area contributed by atoms with Crippen molar-refractivity contribution < 1.29 is 22.4 Å². The maximum atomic E-state index is 12.9. The molecule has 0 aliphatic rings. The molecule has 28 heavy (non-hydrogen) atoms. The van der Waals surface area contributed by atoms with Gasteiger partial charge in [-0.3, -0.25) is 9.29 Å². The average molecular weight is 425 g/mol. The Morgan fingerprint density at radius 3 is 2.68 bits per heavy atom. The Hall–Kier alpha value is -2.66. The van der Waals surface area contributed by atoms with Crippen LogP contribution in [0.4, 0.5) is 5.13 Å². The molecule has 1 aromatic carbocycles. The Kier molecular flexibility index (Phi) is 5.31. The van der Waals surface area contributed by atoms with Crippen LogP contribution in [0, 0.1) is 13.8 Å². The number of hydrogen-bond donors (Lipinski definition) is 1. The van der Waals surface area contributed by atoms with Crippen LogP contribution in [0.2, 0.25) is 0 Å². The van der Waals surface area contributed by atoms with Crippen LogP contribution in [0.15, 0.2) is 26.2 Å². The van der Waals surface area contributed by atoms with Crippen LogP contribution in [0.3, 0.4) is 0 Å². The monoisotopic (exact) mass is 425 g/mol. The zero-order valence-corrected chi connectivity index (χ0v) is 17.4. The summed E-state index contributed by atoms with van der Waals surface area (Å²) in [6, 6.07) is 2.91. The van der Waals surface area contributed by atoms with Crippen molar-refractivity contribution in [1.82, 2.24) is 9.55 Å². The lowest BCUT2D eigenvalue weighted by Gasteiger charge is -2.08. The molecule has 0 saturated heterocycles. The summed E-state index contributed by atoms with van der Waals surface area (Å²) < 4.78 is 39.6. The summed E-state index contributed by atoms with van der Waals surface area (Å²) in [5.74, 6) is -1.10. The van der Waals surface area contributed by atoms with Crippen molar-refractivity contribution in [3.05, 3.63) is 38.8 Å². The number of nitrogens with one attached hydrogen (secondary N) is 1. The summed E-state index contributed by atoms with van der Waals surface area (Å²) >= 11 is 0.895. The van der Waals surface area contributed by atoms with Gasteiger partial charge in [-0.1, -0.05) is 11.3 Å². The number of aryl methyl sites for hydroxylation is 3. The fourth-order valence-corrected chi connectivity index (χ4v) is 5.12. The summed E-state index contributed by atoms with van der Waals surface area (Å²) in [4.78, 5) is 28.1. The van der Waals surface area contributed by atoms with Gasteiger partial charge in [0, 0.05) is 12.6 Å². The van der Waals surface area contributed by atoms with Crippen LogP contribution in [0.25, 0.3) is 11.1 Å². The molecule has 0 fully saturated rings. The van der Waals surface area contributed by atoms with Gasteiger partial charge in [0.15, 0.2) is 10.7 Å². The van der Waals surface area contributed by atoms with Gasteiger partial charge in [0.1, 0.15) is 4.88 Å². The number of fused-ring (bicyclic) bond motifs is 1. The molecule has 11 heteroatoms. The smallest absolute Gasteiger partial charge is 0.419 e. The van der Waals surface area contributed by atoms with Gasteiger partial charge >= 0.3 is 11.7 Å². The molecule has 2 heterocycles. The molecule has 0 radical (unpaired) electrons. The van der Waals surface area contributed by atoms with Crippen molar-refractivity contribution in [3.8, 4) is 0 Å². The van der Waals surface area contributed by atoms with Gasteiger partial charge in [-0.2, -0.15) is 0 Å². The van der Waals surface area contributed by atoms with E-state index in [9.17, 15) is 18.0 Å². The molecule has 150 valence electrons. The largest absolute Gasteiger partial charge is 0.462 e. The van der Waals surface area contributed by atoms with Gasteiger partial charge in [-0.15, -0.1) is 0 Å². The number of esters is 1. The number of benzene rings is 1. The third-order valence-corrected chi connectivity index (χ3v) is 6.71. The van der Waals surface area contributed by atoms with Gasteiger partial charge in [-0.25, -0.2) is 23.0 Å². The summed E-state index contributed by atoms with van der Waals surface area (Å²) in [5.41, 5.74) is 1.53. The molecule has 3 aromatic rings. The maximum absolute atomic E-state index is 12.9. The van der Waals surface area contributed by atoms with E-state index in [1.165, 1.54) is 10.6 Å². The highest BCUT2D eigenvalue weighted by Crippen LogP contribution is 2.28. The molecular weight excluding hydrogens is 406 g/mol. The Labute approximate surface area is 165 Å². The van der Waals surface area contributed by atoms with Gasteiger partial charge < -0.3 is 9.15 Å². The van der Waals surface area contributed by atoms with Crippen molar-refractivity contribution in [2.75, 3.05) is 11.3 Å². The van der Waals surface area contributed by atoms with E-state index >= 15 is 0 Å². The lowest BCUT2D eigenvalue weighted by atomic mass is 10.2. The number of aromatic nitrogens is 2. The number of thiazole rings is 1. The minimum atomic E-state index is -4.01. The highest BCUT2D eigenvalue weighted by atomic mass is 32.2. The highest BCUT2D eigenvalue weighted by Gasteiger charge is 2.24. The van der Waals surface area contributed by atoms with E-state index in [4.69, 9.17) is 9.15 Å². The van der Waals surface area contributed by atoms with Gasteiger partial charge in [0.2, 0.25) is 0 Å². The number of carbonyl (C=O) groups is 1. The minimum Gasteiger partial charge on any atom is -0.462 e. The van der Waals surface area contributed by atoms with E-state index in [2.05, 4.69) is 9.71 Å². The van der Waals surface area contributed by atoms with E-state index in [1.54, 1.807) is 33.8 Å². The van der Waals surface area contributed by atoms with E-state index in [0.29, 0.717) is 23.3 Å². The predicted molar refractivity (Wildman–Crippen MR) is 105 cm³/mol. The van der Waals surface area contributed by atoms with Crippen LogP contribution >= 0.6 is 11.3 Å². The Bertz CT molecular complexity index is 1220. The number of carbonyl (C=O) groups excluding carboxylic acids is 1. The topological polar surface area (TPSA) is 121 Å². The third kappa shape index (κ3) is 3.54. The normalized spacial score (nSPS) is 11.7. The first-order valence-electron chi connectivity index (χ1n) is 8.49. The van der Waals surface area contributed by atoms with Crippen LogP contribution < -0.4 is 10.5 Å². The van der Waals surface area contributed by atoms with Gasteiger partial charge in [0.05, 0.1) is 22.7 Å². The second-order valence-electron chi connectivity index (χ2n) is 5.96. The van der Waals surface area contributed by atoms with Crippen LogP contribution in [0.1, 0.15) is 34.8 Å². The molecule has 0 aliphatic carbocycles. The predicted octanol–water partition coefficient (Wildman–Crippen LogP) is 2.67. The second kappa shape index (κ2) is 7.40. The van der Waals surface area contributed by atoms with Crippen LogP contribution in [-0.2, 0) is 21.3 Å². The number of hydrogen-bond acceptors (Lipinski definition) is 8. The zero-order chi connectivity index (χ0) is 20.6. The molecule has 0 spiro atoms. The summed E-state index contributed by atoms with van der Waals surface area (Å²) in [7, 11) is -4.01. The second-order valence-corrected chi connectivity index (χ2v) is 8.61. The first-order valence-corrected chi connectivity index (χ1v) is 10.8. The summed E-state index contributed by atoms with van der Waals surface area (Å²) in [6.07, 6.45) is 0. The van der Waals surface area contributed by atoms with E-state index < -0.39 is 21.7 Å². The number of ether oxygens (including phenoxy) is 1. The summed E-state index contributed by atoms with van der Waals surface area (Å²) in [5, 5.41) is 0.0487. The molecule has 9 nitrogen and oxygen atoms in total. The standard InChI is InChI=1S/C17H19N3O6S2/c1-5-20-11-7-9(3)13(8-12(11)26-17(20)22)28(23,24)19-16-18-10(4)14(27-16)15(21)25-6-2/h7-8H,5-6H2,1-4H3,(H,18,19). The number of nitrogens with zero attached hydrogens (tertiary/aromatic N) is 2. The van der Waals surface area contributed by atoms with Crippen molar-refractivity contribution in [2.24, 2.45) is 0 Å². The average Bonchev–Trinajstić information content (AvgIpc) is 3.12. The minimum absolute atomic E-state index is 0.0393. The lowest BCUT2D eigenvalue weighted by molar-refractivity contribution is 0.0531. The van der Waals surface area contributed by atoms with Crippen molar-refractivity contribution in [3.63, 3.8) is 0 Å². The van der Waals surface area contributed by atoms with Crippen molar-refractivity contribution in [2.45, 2.75) is 39.1 Å². The molecule has 0 aliphatic heterocycles. The summed E-state index contributed by atoms with van der Waals surface area (Å²) in [6.45, 7) is 7.32. The molecule has 0 atom stereocenters. The Morgan fingerprint density at radius 1 is 1.32 bits per heavy atom. The third-order valence-electron chi connectivity index (χ3n) is 4.05. The number of sulfonamides is 1.